The van der Waals surface area contributed by atoms with E-state index >= 15 is 0 Å². The van der Waals surface area contributed by atoms with Crippen molar-refractivity contribution in [3.05, 3.63) is 0 Å². The van der Waals surface area contributed by atoms with Gasteiger partial charge in [0.25, 0.3) is 0 Å². The number of carbonyl (C=O) groups is 2. The third kappa shape index (κ3) is 4.76. The van der Waals surface area contributed by atoms with Crippen molar-refractivity contribution in [2.24, 2.45) is 46.3 Å². The number of hydrogen-bond acceptors (Lipinski definition) is 2. The normalized spacial score (nSPS) is 41.9. The van der Waals surface area contributed by atoms with Gasteiger partial charge in [0.2, 0.25) is 0 Å². The van der Waals surface area contributed by atoms with E-state index in [1.807, 2.05) is 27.7 Å². The molecule has 8 atom stereocenters. The second-order valence-corrected chi connectivity index (χ2v) is 11.0. The van der Waals surface area contributed by atoms with Gasteiger partial charge in [0, 0.05) is 18.8 Å². The van der Waals surface area contributed by atoms with Crippen LogP contribution in [0, 0.1) is 46.3 Å². The van der Waals surface area contributed by atoms with Gasteiger partial charge in [-0.3, -0.25) is 9.59 Å². The van der Waals surface area contributed by atoms with E-state index in [4.69, 9.17) is 5.11 Å². The fourth-order valence-electron chi connectivity index (χ4n) is 8.49. The molecule has 0 heterocycles. The Morgan fingerprint density at radius 3 is 2.26 bits per heavy atom. The van der Waals surface area contributed by atoms with E-state index in [1.165, 1.54) is 51.4 Å². The second-order valence-electron chi connectivity index (χ2n) is 11.0. The first-order valence-electron chi connectivity index (χ1n) is 13.5. The smallest absolute Gasteiger partial charge is 0.303 e. The number of ketones is 1. The van der Waals surface area contributed by atoms with E-state index in [2.05, 4.69) is 20.8 Å². The maximum absolute atomic E-state index is 13.3. The molecule has 0 aromatic carbocycles. The largest absolute Gasteiger partial charge is 0.481 e. The number of rotatable bonds is 4. The fourth-order valence-corrected chi connectivity index (χ4v) is 8.49. The first kappa shape index (κ1) is 26.4. The zero-order chi connectivity index (χ0) is 23.4. The lowest BCUT2D eigenvalue weighted by atomic mass is 9.44. The topological polar surface area (TPSA) is 54.4 Å². The highest BCUT2D eigenvalue weighted by molar-refractivity contribution is 5.83. The molecule has 0 amide bonds. The molecule has 180 valence electrons. The van der Waals surface area contributed by atoms with Crippen LogP contribution in [0.2, 0.25) is 0 Å². The Balaban J connectivity index is 0.000000807. The maximum atomic E-state index is 13.3. The van der Waals surface area contributed by atoms with Gasteiger partial charge in [-0.2, -0.15) is 0 Å². The van der Waals surface area contributed by atoms with Crippen LogP contribution in [-0.4, -0.2) is 16.9 Å². The standard InChI is InChI=1S/C24H38O3.2C2H6/c1-15(7-10-21(26)27)17-8-9-18-22-19(11-13-24(17,18)3)23(2)12-5-4-6-16(23)14-20(22)25;2*1-2/h15-19,22H,4-14H2,1-3H3,(H,26,27);2*1-2H3. The molecule has 0 aromatic rings. The molecule has 3 heteroatoms. The second kappa shape index (κ2) is 10.8. The Morgan fingerprint density at radius 2 is 1.61 bits per heavy atom. The summed E-state index contributed by atoms with van der Waals surface area (Å²) in [5, 5.41) is 9.08. The minimum Gasteiger partial charge on any atom is -0.481 e. The van der Waals surface area contributed by atoms with Gasteiger partial charge in [-0.05, 0) is 85.4 Å². The lowest BCUT2D eigenvalue weighted by Gasteiger charge is -2.60. The molecule has 3 nitrogen and oxygen atoms in total. The molecule has 0 bridgehead atoms. The van der Waals surface area contributed by atoms with Gasteiger partial charge in [-0.25, -0.2) is 0 Å². The summed E-state index contributed by atoms with van der Waals surface area (Å²) in [5.74, 6) is 3.02. The molecule has 0 aromatic heterocycles. The Labute approximate surface area is 192 Å². The third-order valence-electron chi connectivity index (χ3n) is 9.96. The van der Waals surface area contributed by atoms with Crippen molar-refractivity contribution >= 4 is 11.8 Å². The van der Waals surface area contributed by atoms with Crippen LogP contribution in [0.1, 0.15) is 119 Å². The van der Waals surface area contributed by atoms with Crippen LogP contribution in [-0.2, 0) is 9.59 Å². The number of carboxylic acids is 1. The molecular formula is C28H50O3. The van der Waals surface area contributed by atoms with Crippen molar-refractivity contribution < 1.29 is 14.7 Å². The summed E-state index contributed by atoms with van der Waals surface area (Å²) in [6.07, 6.45) is 12.0. The zero-order valence-electron chi connectivity index (χ0n) is 21.5. The van der Waals surface area contributed by atoms with E-state index < -0.39 is 5.97 Å². The number of hydrogen-bond donors (Lipinski definition) is 1. The first-order valence-corrected chi connectivity index (χ1v) is 13.5. The number of Topliss-reactive ketones (excluding diaryl/α,β-unsaturated/α-hetero) is 1. The summed E-state index contributed by atoms with van der Waals surface area (Å²) >= 11 is 0. The van der Waals surface area contributed by atoms with Gasteiger partial charge in [0.1, 0.15) is 5.78 Å². The lowest BCUT2D eigenvalue weighted by molar-refractivity contribution is -0.156. The molecule has 0 saturated heterocycles. The van der Waals surface area contributed by atoms with Crippen molar-refractivity contribution in [3.8, 4) is 0 Å². The predicted octanol–water partition coefficient (Wildman–Crippen LogP) is 7.77. The van der Waals surface area contributed by atoms with Crippen molar-refractivity contribution in [1.29, 1.82) is 0 Å². The van der Waals surface area contributed by atoms with Gasteiger partial charge in [-0.1, -0.05) is 61.3 Å². The van der Waals surface area contributed by atoms with Gasteiger partial charge < -0.3 is 5.11 Å². The van der Waals surface area contributed by atoms with Crippen molar-refractivity contribution in [2.75, 3.05) is 0 Å². The van der Waals surface area contributed by atoms with Gasteiger partial charge >= 0.3 is 5.97 Å². The van der Waals surface area contributed by atoms with Crippen LogP contribution in [0.3, 0.4) is 0 Å². The van der Waals surface area contributed by atoms with Crippen LogP contribution in [0.15, 0.2) is 0 Å². The SMILES string of the molecule is CC.CC.CC(CCC(=O)O)C1CCC2C3C(=O)CC4CCCCC4(C)C3CCC12C. The van der Waals surface area contributed by atoms with Gasteiger partial charge in [-0.15, -0.1) is 0 Å². The van der Waals surface area contributed by atoms with Crippen LogP contribution >= 0.6 is 0 Å². The van der Waals surface area contributed by atoms with Crippen LogP contribution < -0.4 is 0 Å². The number of carboxylic acid groups (broad SMARTS) is 1. The van der Waals surface area contributed by atoms with Crippen molar-refractivity contribution in [2.45, 2.75) is 119 Å². The average molecular weight is 435 g/mol. The van der Waals surface area contributed by atoms with Gasteiger partial charge in [0.05, 0.1) is 0 Å². The minimum atomic E-state index is -0.677. The highest BCUT2D eigenvalue weighted by atomic mass is 16.4. The lowest BCUT2D eigenvalue weighted by Crippen LogP contribution is -2.56. The summed E-state index contributed by atoms with van der Waals surface area (Å²) in [5.41, 5.74) is 0.637. The number of carbonyl (C=O) groups excluding carboxylic acids is 1. The molecule has 0 spiro atoms. The summed E-state index contributed by atoms with van der Waals surface area (Å²) < 4.78 is 0. The molecule has 4 aliphatic carbocycles. The van der Waals surface area contributed by atoms with Crippen LogP contribution in [0.25, 0.3) is 0 Å². The van der Waals surface area contributed by atoms with Crippen molar-refractivity contribution in [1.82, 2.24) is 0 Å². The maximum Gasteiger partial charge on any atom is 0.303 e. The monoisotopic (exact) mass is 434 g/mol. The first-order chi connectivity index (χ1) is 14.8. The zero-order valence-corrected chi connectivity index (χ0v) is 21.5. The highest BCUT2D eigenvalue weighted by Gasteiger charge is 2.62. The Morgan fingerprint density at radius 1 is 0.968 bits per heavy atom. The molecule has 8 unspecified atom stereocenters. The molecule has 1 N–H and O–H groups in total. The van der Waals surface area contributed by atoms with E-state index in [0.717, 1.165) is 12.8 Å². The van der Waals surface area contributed by atoms with E-state index in [-0.39, 0.29) is 11.8 Å². The molecule has 4 saturated carbocycles. The Hall–Kier alpha value is -0.860. The van der Waals surface area contributed by atoms with Crippen LogP contribution in [0.5, 0.6) is 0 Å². The molecule has 4 aliphatic rings. The Kier molecular flexibility index (Phi) is 9.23. The molecule has 0 aliphatic heterocycles. The third-order valence-corrected chi connectivity index (χ3v) is 9.96. The summed E-state index contributed by atoms with van der Waals surface area (Å²) in [7, 11) is 0. The minimum absolute atomic E-state index is 0.243. The number of aliphatic carboxylic acids is 1. The fraction of sp³-hybridized carbons (Fsp3) is 0.929. The molecule has 31 heavy (non-hydrogen) atoms. The van der Waals surface area contributed by atoms with E-state index in [0.29, 0.717) is 46.7 Å². The number of fused-ring (bicyclic) bond motifs is 5. The molecule has 0 radical (unpaired) electrons. The molecule has 4 fully saturated rings. The van der Waals surface area contributed by atoms with Crippen molar-refractivity contribution in [3.63, 3.8) is 0 Å². The van der Waals surface area contributed by atoms with Gasteiger partial charge in [0.15, 0.2) is 0 Å². The highest BCUT2D eigenvalue weighted by Crippen LogP contribution is 2.67. The summed E-state index contributed by atoms with van der Waals surface area (Å²) in [6, 6.07) is 0. The molecular weight excluding hydrogens is 384 g/mol. The van der Waals surface area contributed by atoms with E-state index in [1.54, 1.807) is 0 Å². The summed E-state index contributed by atoms with van der Waals surface area (Å²) in [4.78, 5) is 24.4. The van der Waals surface area contributed by atoms with Crippen LogP contribution in [0.4, 0.5) is 0 Å². The average Bonchev–Trinajstić information content (AvgIpc) is 3.12. The predicted molar refractivity (Wildman–Crippen MR) is 129 cm³/mol. The summed E-state index contributed by atoms with van der Waals surface area (Å²) in [6.45, 7) is 15.2. The molecule has 4 rings (SSSR count). The Bertz CT molecular complexity index is 613. The quantitative estimate of drug-likeness (QED) is 0.491. The van der Waals surface area contributed by atoms with E-state index in [9.17, 15) is 9.59 Å².